The van der Waals surface area contributed by atoms with Crippen LogP contribution in [0.25, 0.3) is 0 Å². The number of aliphatic imine (C=N–C) groups is 1. The molecule has 0 spiro atoms. The number of amides is 1. The number of aliphatic carboxylic acids is 1. The number of nitrogens with zero attached hydrogens (tertiary/aromatic N) is 2. The molecule has 9 heteroatoms. The highest BCUT2D eigenvalue weighted by Gasteiger charge is 2.16. The van der Waals surface area contributed by atoms with Crippen molar-refractivity contribution < 1.29 is 19.4 Å². The molecular formula is C14H21N3O4S2. The number of alkyl carbamates (subject to hydrolysis) is 1. The second-order valence-corrected chi connectivity index (χ2v) is 7.53. The van der Waals surface area contributed by atoms with Crippen LogP contribution in [0.2, 0.25) is 0 Å². The predicted molar refractivity (Wildman–Crippen MR) is 92.4 cm³/mol. The maximum absolute atomic E-state index is 11.6. The fourth-order valence-electron chi connectivity index (χ4n) is 1.44. The van der Waals surface area contributed by atoms with Gasteiger partial charge in [-0.05, 0) is 20.8 Å². The summed E-state index contributed by atoms with van der Waals surface area (Å²) in [7, 11) is 1.64. The molecule has 0 radical (unpaired) electrons. The molecule has 0 fully saturated rings. The molecule has 0 saturated carbocycles. The summed E-state index contributed by atoms with van der Waals surface area (Å²) in [4.78, 5) is 30.7. The lowest BCUT2D eigenvalue weighted by Gasteiger charge is -2.19. The topological polar surface area (TPSA) is 101 Å². The minimum atomic E-state index is -0.839. The first-order valence-corrected chi connectivity index (χ1v) is 8.81. The zero-order chi connectivity index (χ0) is 17.5. The molecular weight excluding hydrogens is 338 g/mol. The molecule has 0 aliphatic heterocycles. The molecule has 0 saturated heterocycles. The predicted octanol–water partition coefficient (Wildman–Crippen LogP) is 2.75. The first-order valence-electron chi connectivity index (χ1n) is 6.94. The van der Waals surface area contributed by atoms with Crippen molar-refractivity contribution in [3.8, 4) is 0 Å². The molecule has 7 nitrogen and oxygen atoms in total. The lowest BCUT2D eigenvalue weighted by molar-refractivity contribution is -0.136. The van der Waals surface area contributed by atoms with Crippen molar-refractivity contribution in [1.82, 2.24) is 10.3 Å². The van der Waals surface area contributed by atoms with Crippen LogP contribution in [-0.2, 0) is 16.1 Å². The minimum Gasteiger partial charge on any atom is -0.481 e. The molecule has 0 aliphatic rings. The number of aromatic nitrogens is 1. The van der Waals surface area contributed by atoms with Crippen LogP contribution in [0.1, 0.15) is 37.9 Å². The average molecular weight is 359 g/mol. The monoisotopic (exact) mass is 359 g/mol. The van der Waals surface area contributed by atoms with Gasteiger partial charge in [-0.3, -0.25) is 9.79 Å². The summed E-state index contributed by atoms with van der Waals surface area (Å²) < 4.78 is 5.15. The first-order chi connectivity index (χ1) is 10.7. The van der Waals surface area contributed by atoms with E-state index in [9.17, 15) is 9.59 Å². The Morgan fingerprint density at radius 3 is 2.74 bits per heavy atom. The van der Waals surface area contributed by atoms with Crippen molar-refractivity contribution in [2.75, 3.05) is 12.8 Å². The Morgan fingerprint density at radius 2 is 2.17 bits per heavy atom. The molecule has 2 N–H and O–H groups in total. The summed E-state index contributed by atoms with van der Waals surface area (Å²) >= 11 is 2.75. The average Bonchev–Trinajstić information content (AvgIpc) is 2.88. The van der Waals surface area contributed by atoms with Crippen LogP contribution >= 0.6 is 23.1 Å². The third-order valence-corrected chi connectivity index (χ3v) is 4.23. The van der Waals surface area contributed by atoms with Crippen LogP contribution in [0.15, 0.2) is 10.4 Å². The smallest absolute Gasteiger partial charge is 0.408 e. The maximum atomic E-state index is 11.6. The van der Waals surface area contributed by atoms with Crippen LogP contribution in [-0.4, -0.2) is 45.6 Å². The second-order valence-electron chi connectivity index (χ2n) is 5.50. The van der Waals surface area contributed by atoms with Gasteiger partial charge in [-0.25, -0.2) is 9.78 Å². The zero-order valence-electron chi connectivity index (χ0n) is 13.6. The van der Waals surface area contributed by atoms with E-state index in [0.717, 1.165) is 5.01 Å². The number of rotatable bonds is 6. The Balaban J connectivity index is 2.53. The van der Waals surface area contributed by atoms with E-state index in [0.29, 0.717) is 16.5 Å². The Bertz CT molecular complexity index is 579. The molecule has 1 heterocycles. The molecule has 0 bridgehead atoms. The molecule has 1 amide bonds. The number of carboxylic acids is 1. The van der Waals surface area contributed by atoms with Gasteiger partial charge in [-0.1, -0.05) is 0 Å². The van der Waals surface area contributed by atoms with E-state index in [1.165, 1.54) is 23.1 Å². The molecule has 1 aromatic rings. The largest absolute Gasteiger partial charge is 0.481 e. The number of hydrogen-bond acceptors (Lipinski definition) is 7. The van der Waals surface area contributed by atoms with Crippen LogP contribution in [0.3, 0.4) is 0 Å². The number of carbonyl (C=O) groups is 2. The van der Waals surface area contributed by atoms with Crippen LogP contribution in [0, 0.1) is 0 Å². The van der Waals surface area contributed by atoms with Crippen molar-refractivity contribution in [3.63, 3.8) is 0 Å². The van der Waals surface area contributed by atoms with Gasteiger partial charge in [0.15, 0.2) is 0 Å². The standard InChI is InChI=1S/C14H21N3O4S2/c1-14(2,3)21-13(20)16-7-10-17-9(8-23-10)12(15-4)22-6-5-11(18)19/h8H,5-7H2,1-4H3,(H,16,20)(H,18,19)/b15-12-. The van der Waals surface area contributed by atoms with E-state index in [4.69, 9.17) is 9.84 Å². The number of nitrogens with one attached hydrogen (secondary N) is 1. The maximum Gasteiger partial charge on any atom is 0.408 e. The number of carboxylic acid groups (broad SMARTS) is 1. The van der Waals surface area contributed by atoms with E-state index in [1.54, 1.807) is 27.8 Å². The number of thioether (sulfide) groups is 1. The van der Waals surface area contributed by atoms with Crippen molar-refractivity contribution in [2.45, 2.75) is 39.3 Å². The summed E-state index contributed by atoms with van der Waals surface area (Å²) in [5.41, 5.74) is 0.148. The Hall–Kier alpha value is -1.61. The lowest BCUT2D eigenvalue weighted by atomic mass is 10.2. The number of carbonyl (C=O) groups excluding carboxylic acids is 1. The van der Waals surface area contributed by atoms with Gasteiger partial charge in [0.1, 0.15) is 21.3 Å². The number of thiazole rings is 1. The highest BCUT2D eigenvalue weighted by atomic mass is 32.2. The first kappa shape index (κ1) is 19.4. The van der Waals surface area contributed by atoms with Gasteiger partial charge in [0, 0.05) is 18.2 Å². The lowest BCUT2D eigenvalue weighted by Crippen LogP contribution is -2.32. The molecule has 23 heavy (non-hydrogen) atoms. The summed E-state index contributed by atoms with van der Waals surface area (Å²) in [6, 6.07) is 0. The fraction of sp³-hybridized carbons (Fsp3) is 0.571. The molecule has 0 unspecified atom stereocenters. The number of ether oxygens (including phenoxy) is 1. The van der Waals surface area contributed by atoms with Gasteiger partial charge in [-0.15, -0.1) is 23.1 Å². The van der Waals surface area contributed by atoms with Crippen LogP contribution < -0.4 is 5.32 Å². The Labute approximate surface area is 143 Å². The molecule has 0 atom stereocenters. The van der Waals surface area contributed by atoms with Crippen LogP contribution in [0.5, 0.6) is 0 Å². The van der Waals surface area contributed by atoms with Gasteiger partial charge in [-0.2, -0.15) is 0 Å². The van der Waals surface area contributed by atoms with Gasteiger partial charge < -0.3 is 15.2 Å². The van der Waals surface area contributed by atoms with Gasteiger partial charge in [0.2, 0.25) is 0 Å². The van der Waals surface area contributed by atoms with E-state index < -0.39 is 17.7 Å². The van der Waals surface area contributed by atoms with E-state index in [1.807, 2.05) is 5.38 Å². The normalized spacial score (nSPS) is 12.1. The Morgan fingerprint density at radius 1 is 1.48 bits per heavy atom. The van der Waals surface area contributed by atoms with E-state index in [-0.39, 0.29) is 13.0 Å². The third-order valence-electron chi connectivity index (χ3n) is 2.31. The summed E-state index contributed by atoms with van der Waals surface area (Å²) in [6.07, 6.45) is -0.421. The highest BCUT2D eigenvalue weighted by Crippen LogP contribution is 2.18. The van der Waals surface area contributed by atoms with Crippen molar-refractivity contribution in [2.24, 2.45) is 4.99 Å². The van der Waals surface area contributed by atoms with Crippen molar-refractivity contribution in [1.29, 1.82) is 0 Å². The SMILES string of the molecule is C/N=C(\SCCC(=O)O)c1csc(CNC(=O)OC(C)(C)C)n1. The molecule has 0 aliphatic carbocycles. The molecule has 128 valence electrons. The third kappa shape index (κ3) is 7.98. The second kappa shape index (κ2) is 8.88. The minimum absolute atomic E-state index is 0.0703. The van der Waals surface area contributed by atoms with Gasteiger partial charge in [0.05, 0.1) is 13.0 Å². The van der Waals surface area contributed by atoms with Gasteiger partial charge in [0.25, 0.3) is 0 Å². The van der Waals surface area contributed by atoms with Crippen LogP contribution in [0.4, 0.5) is 4.79 Å². The zero-order valence-corrected chi connectivity index (χ0v) is 15.2. The van der Waals surface area contributed by atoms with Crippen molar-refractivity contribution >= 4 is 40.2 Å². The quantitative estimate of drug-likeness (QED) is 0.598. The summed E-state index contributed by atoms with van der Waals surface area (Å²) in [5.74, 6) is -0.404. The molecule has 0 aromatic carbocycles. The molecule has 1 aromatic heterocycles. The number of hydrogen-bond donors (Lipinski definition) is 2. The van der Waals surface area contributed by atoms with Crippen molar-refractivity contribution in [3.05, 3.63) is 16.1 Å². The summed E-state index contributed by atoms with van der Waals surface area (Å²) in [6.45, 7) is 5.67. The van der Waals surface area contributed by atoms with E-state index in [2.05, 4.69) is 15.3 Å². The summed E-state index contributed by atoms with van der Waals surface area (Å²) in [5, 5.41) is 14.6. The van der Waals surface area contributed by atoms with E-state index >= 15 is 0 Å². The fourth-order valence-corrected chi connectivity index (χ4v) is 3.09. The molecule has 1 rings (SSSR count). The Kier molecular flexibility index (Phi) is 7.50. The van der Waals surface area contributed by atoms with Gasteiger partial charge >= 0.3 is 12.1 Å². The highest BCUT2D eigenvalue weighted by molar-refractivity contribution is 8.14.